The van der Waals surface area contributed by atoms with Crippen LogP contribution in [0.2, 0.25) is 0 Å². The molecule has 0 aliphatic rings. The smallest absolute Gasteiger partial charge is 0.239 e. The summed E-state index contributed by atoms with van der Waals surface area (Å²) in [5, 5.41) is 0. The Morgan fingerprint density at radius 3 is 2.71 bits per heavy atom. The summed E-state index contributed by atoms with van der Waals surface area (Å²) in [6, 6.07) is 0. The Morgan fingerprint density at radius 1 is 2.00 bits per heavy atom. The number of nitrogens with two attached hydrogens (primary N) is 1. The number of hydrogen-bond acceptors (Lipinski definition) is 2. The van der Waals surface area contributed by atoms with Gasteiger partial charge in [-0.25, -0.2) is 0 Å². The van der Waals surface area contributed by atoms with Crippen LogP contribution >= 0.6 is 17.0 Å². The summed E-state index contributed by atoms with van der Waals surface area (Å²) in [5.41, 5.74) is 4.73. The first kappa shape index (κ1) is 7.00. The minimum Gasteiger partial charge on any atom is -0.368 e. The number of nitrogens with zero attached hydrogens (tertiary/aromatic N) is 1. The summed E-state index contributed by atoms with van der Waals surface area (Å²) in [6.07, 6.45) is 0. The van der Waals surface area contributed by atoms with E-state index < -0.39 is 0 Å². The van der Waals surface area contributed by atoms with E-state index in [1.165, 1.54) is 0 Å². The van der Waals surface area contributed by atoms with Crippen molar-refractivity contribution in [2.45, 2.75) is 0 Å². The molecule has 0 aliphatic carbocycles. The van der Waals surface area contributed by atoms with Gasteiger partial charge in [-0.1, -0.05) is 8.93 Å². The molecular weight excluding hydrogens is 130 g/mol. The lowest BCUT2D eigenvalue weighted by molar-refractivity contribution is -0.116. The van der Waals surface area contributed by atoms with Gasteiger partial charge in [0.2, 0.25) is 5.91 Å². The van der Waals surface area contributed by atoms with Gasteiger partial charge >= 0.3 is 0 Å². The van der Waals surface area contributed by atoms with Crippen molar-refractivity contribution < 1.29 is 4.79 Å². The van der Waals surface area contributed by atoms with Crippen molar-refractivity contribution in [1.82, 2.24) is 0 Å². The molecule has 7 heavy (non-hydrogen) atoms. The molecule has 0 rings (SSSR count). The topological polar surface area (TPSA) is 55.5 Å². The van der Waals surface area contributed by atoms with E-state index in [1.807, 2.05) is 0 Å². The van der Waals surface area contributed by atoms with Crippen LogP contribution in [-0.2, 0) is 4.79 Å². The summed E-state index contributed by atoms with van der Waals surface area (Å²) in [4.78, 5) is 9.87. The third-order valence-corrected chi connectivity index (χ3v) is 1.10. The standard InChI is InChI=1S/C2H6N2OP2/c3-2(5)1-4-7-6/h1,6H2,(H2,3,5). The van der Waals surface area contributed by atoms with Gasteiger partial charge in [0.25, 0.3) is 0 Å². The van der Waals surface area contributed by atoms with Gasteiger partial charge in [-0.3, -0.25) is 9.54 Å². The van der Waals surface area contributed by atoms with Crippen LogP contribution in [0.15, 0.2) is 4.74 Å². The van der Waals surface area contributed by atoms with E-state index in [1.54, 1.807) is 0 Å². The monoisotopic (exact) mass is 136 g/mol. The molecule has 0 bridgehead atoms. The van der Waals surface area contributed by atoms with Gasteiger partial charge < -0.3 is 5.73 Å². The van der Waals surface area contributed by atoms with E-state index in [9.17, 15) is 4.79 Å². The zero-order valence-corrected chi connectivity index (χ0v) is 5.71. The highest BCUT2D eigenvalue weighted by Crippen LogP contribution is 2.07. The SMILES string of the molecule is NC(=O)CN=PP. The Labute approximate surface area is 45.7 Å². The van der Waals surface area contributed by atoms with Crippen LogP contribution in [0.1, 0.15) is 0 Å². The molecule has 5 heteroatoms. The first-order chi connectivity index (χ1) is 3.27. The molecule has 1 atom stereocenters. The maximum Gasteiger partial charge on any atom is 0.239 e. The predicted octanol–water partition coefficient (Wildman–Crippen LogP) is 0.392. The molecule has 0 spiro atoms. The maximum atomic E-state index is 9.87. The summed E-state index contributed by atoms with van der Waals surface area (Å²) in [6.45, 7) is 0.130. The molecule has 0 radical (unpaired) electrons. The Kier molecular flexibility index (Phi) is 4.17. The van der Waals surface area contributed by atoms with Crippen molar-refractivity contribution >= 4 is 22.9 Å². The first-order valence-corrected chi connectivity index (χ1v) is 4.09. The third kappa shape index (κ3) is 6.00. The molecule has 0 saturated carbocycles. The van der Waals surface area contributed by atoms with E-state index in [0.29, 0.717) is 0 Å². The minimum atomic E-state index is -0.380. The second-order valence-corrected chi connectivity index (χ2v) is 2.09. The number of hydrogen-bond donors (Lipinski definition) is 1. The average molecular weight is 136 g/mol. The lowest BCUT2D eigenvalue weighted by atomic mass is 10.7. The fourth-order valence-electron chi connectivity index (χ4n) is 0.111. The van der Waals surface area contributed by atoms with Crippen LogP contribution in [0.4, 0.5) is 0 Å². The molecule has 40 valence electrons. The Hall–Kier alpha value is 0. The molecule has 0 aliphatic heterocycles. The normalized spacial score (nSPS) is 9.86. The fraction of sp³-hybridized carbons (Fsp3) is 0.500. The van der Waals surface area contributed by atoms with Crippen molar-refractivity contribution in [2.24, 2.45) is 10.5 Å². The van der Waals surface area contributed by atoms with Crippen LogP contribution in [0.3, 0.4) is 0 Å². The molecule has 0 aromatic carbocycles. The number of amides is 1. The van der Waals surface area contributed by atoms with Crippen molar-refractivity contribution in [3.63, 3.8) is 0 Å². The van der Waals surface area contributed by atoms with E-state index in [-0.39, 0.29) is 12.5 Å². The van der Waals surface area contributed by atoms with Crippen molar-refractivity contribution in [3.05, 3.63) is 0 Å². The van der Waals surface area contributed by atoms with Crippen LogP contribution in [0, 0.1) is 0 Å². The average Bonchev–Trinajstić information content (AvgIpc) is 1.61. The number of primary amides is 1. The second-order valence-electron chi connectivity index (χ2n) is 0.881. The molecule has 0 aromatic rings. The highest BCUT2D eigenvalue weighted by molar-refractivity contribution is 7.97. The van der Waals surface area contributed by atoms with E-state index in [4.69, 9.17) is 5.73 Å². The number of rotatable bonds is 2. The van der Waals surface area contributed by atoms with Crippen LogP contribution < -0.4 is 5.73 Å². The lowest BCUT2D eigenvalue weighted by Gasteiger charge is -1.78. The third-order valence-electron chi connectivity index (χ3n) is 0.308. The molecule has 3 nitrogen and oxygen atoms in total. The molecule has 1 amide bonds. The van der Waals surface area contributed by atoms with Crippen molar-refractivity contribution in [1.29, 1.82) is 0 Å². The zero-order valence-electron chi connectivity index (χ0n) is 3.66. The Balaban J connectivity index is 3.14. The van der Waals surface area contributed by atoms with Crippen LogP contribution in [-0.4, -0.2) is 12.5 Å². The van der Waals surface area contributed by atoms with Crippen LogP contribution in [0.5, 0.6) is 0 Å². The fourth-order valence-corrected chi connectivity index (χ4v) is 0.577. The van der Waals surface area contributed by atoms with Gasteiger partial charge in [0, 0.05) is 8.06 Å². The minimum absolute atomic E-state index is 0.130. The summed E-state index contributed by atoms with van der Waals surface area (Å²) >= 11 is 0. The molecule has 0 fully saturated rings. The lowest BCUT2D eigenvalue weighted by Crippen LogP contribution is -2.12. The Bertz CT molecular complexity index is 91.7. The number of carbonyl (C=O) groups is 1. The second kappa shape index (κ2) is 4.17. The summed E-state index contributed by atoms with van der Waals surface area (Å²) in [5.74, 6) is -0.380. The zero-order chi connectivity index (χ0) is 5.70. The van der Waals surface area contributed by atoms with Gasteiger partial charge in [0.1, 0.15) is 6.54 Å². The largest absolute Gasteiger partial charge is 0.368 e. The van der Waals surface area contributed by atoms with Gasteiger partial charge in [0.15, 0.2) is 0 Å². The predicted molar refractivity (Wildman–Crippen MR) is 33.1 cm³/mol. The van der Waals surface area contributed by atoms with E-state index >= 15 is 0 Å². The van der Waals surface area contributed by atoms with Crippen molar-refractivity contribution in [3.8, 4) is 0 Å². The first-order valence-electron chi connectivity index (χ1n) is 1.62. The van der Waals surface area contributed by atoms with Gasteiger partial charge in [-0.2, -0.15) is 0 Å². The molecule has 0 aromatic heterocycles. The summed E-state index contributed by atoms with van der Waals surface area (Å²) < 4.78 is 3.63. The number of carbonyl (C=O) groups excluding carboxylic acids is 1. The van der Waals surface area contributed by atoms with Gasteiger partial charge in [-0.05, 0) is 0 Å². The molecular formula is C2H6N2OP2. The van der Waals surface area contributed by atoms with Gasteiger partial charge in [0.05, 0.1) is 0 Å². The van der Waals surface area contributed by atoms with E-state index in [0.717, 1.165) is 8.06 Å². The van der Waals surface area contributed by atoms with Crippen molar-refractivity contribution in [2.75, 3.05) is 6.54 Å². The van der Waals surface area contributed by atoms with E-state index in [2.05, 4.69) is 13.7 Å². The molecule has 1 unspecified atom stereocenters. The molecule has 0 heterocycles. The highest BCUT2D eigenvalue weighted by atomic mass is 32.0. The highest BCUT2D eigenvalue weighted by Gasteiger charge is 1.83. The molecule has 0 saturated heterocycles. The molecule has 2 N–H and O–H groups in total. The quantitative estimate of drug-likeness (QED) is 0.548. The Morgan fingerprint density at radius 2 is 2.57 bits per heavy atom. The summed E-state index contributed by atoms with van der Waals surface area (Å²) in [7, 11) is 3.12. The van der Waals surface area contributed by atoms with Crippen LogP contribution in [0.25, 0.3) is 0 Å². The maximum absolute atomic E-state index is 9.87. The van der Waals surface area contributed by atoms with Gasteiger partial charge in [-0.15, -0.1) is 0 Å².